The van der Waals surface area contributed by atoms with Crippen molar-refractivity contribution in [1.82, 2.24) is 10.3 Å². The lowest BCUT2D eigenvalue weighted by Gasteiger charge is -2.26. The first kappa shape index (κ1) is 12.1. The second kappa shape index (κ2) is 4.62. The summed E-state index contributed by atoms with van der Waals surface area (Å²) in [6.07, 6.45) is 1.95. The number of fused-ring (bicyclic) bond motifs is 1. The zero-order valence-corrected chi connectivity index (χ0v) is 11.5. The van der Waals surface area contributed by atoms with E-state index in [2.05, 4.69) is 26.2 Å². The molecular formula is C13H10BrN3O2. The van der Waals surface area contributed by atoms with Gasteiger partial charge >= 0.3 is 6.03 Å². The van der Waals surface area contributed by atoms with Crippen LogP contribution in [0.15, 0.2) is 34.9 Å². The van der Waals surface area contributed by atoms with Crippen LogP contribution in [-0.4, -0.2) is 23.5 Å². The molecule has 5 nitrogen and oxygen atoms in total. The highest BCUT2D eigenvalue weighted by molar-refractivity contribution is 9.10. The molecule has 0 unspecified atom stereocenters. The smallest absolute Gasteiger partial charge is 0.292 e. The molecule has 1 aliphatic heterocycles. The predicted molar refractivity (Wildman–Crippen MR) is 74.9 cm³/mol. The van der Waals surface area contributed by atoms with Gasteiger partial charge in [0.15, 0.2) is 0 Å². The molecule has 3 rings (SSSR count). The van der Waals surface area contributed by atoms with Gasteiger partial charge in [-0.3, -0.25) is 20.0 Å². The summed E-state index contributed by atoms with van der Waals surface area (Å²) in [5.41, 5.74) is 1.54. The Morgan fingerprint density at radius 1 is 1.32 bits per heavy atom. The number of benzene rings is 1. The molecule has 6 heteroatoms. The van der Waals surface area contributed by atoms with Gasteiger partial charge in [0, 0.05) is 22.8 Å². The highest BCUT2D eigenvalue weighted by atomic mass is 79.9. The van der Waals surface area contributed by atoms with Crippen molar-refractivity contribution < 1.29 is 9.59 Å². The standard InChI is InChI=1S/C13H10BrN3O2/c14-10-2-1-3-11-9(10)6-8(7-15-11)17-5-4-12(18)16-13(17)19/h1-3,6-7H,4-5H2,(H,16,18,19). The fraction of sp³-hybridized carbons (Fsp3) is 0.154. The lowest BCUT2D eigenvalue weighted by Crippen LogP contribution is -2.49. The van der Waals surface area contributed by atoms with Crippen LogP contribution >= 0.6 is 15.9 Å². The number of rotatable bonds is 1. The van der Waals surface area contributed by atoms with Gasteiger partial charge in [-0.1, -0.05) is 22.0 Å². The fourth-order valence-corrected chi connectivity index (χ4v) is 2.53. The number of carbonyl (C=O) groups excluding carboxylic acids is 2. The van der Waals surface area contributed by atoms with E-state index in [4.69, 9.17) is 0 Å². The Morgan fingerprint density at radius 3 is 2.95 bits per heavy atom. The summed E-state index contributed by atoms with van der Waals surface area (Å²) in [6, 6.07) is 7.23. The summed E-state index contributed by atoms with van der Waals surface area (Å²) >= 11 is 3.47. The average molecular weight is 320 g/mol. The molecule has 2 aromatic rings. The Kier molecular flexibility index (Phi) is 2.94. The topological polar surface area (TPSA) is 62.3 Å². The van der Waals surface area contributed by atoms with Crippen LogP contribution in [0.3, 0.4) is 0 Å². The number of anilines is 1. The molecule has 1 fully saturated rings. The maximum Gasteiger partial charge on any atom is 0.328 e. The van der Waals surface area contributed by atoms with Crippen molar-refractivity contribution in [3.63, 3.8) is 0 Å². The quantitative estimate of drug-likeness (QED) is 0.878. The van der Waals surface area contributed by atoms with Crippen LogP contribution < -0.4 is 10.2 Å². The van der Waals surface area contributed by atoms with Crippen molar-refractivity contribution >= 4 is 44.5 Å². The van der Waals surface area contributed by atoms with E-state index in [1.54, 1.807) is 6.20 Å². The SMILES string of the molecule is O=C1CCN(c2cnc3cccc(Br)c3c2)C(=O)N1. The number of hydrogen-bond acceptors (Lipinski definition) is 3. The number of aromatic nitrogens is 1. The summed E-state index contributed by atoms with van der Waals surface area (Å²) in [4.78, 5) is 28.8. The Morgan fingerprint density at radius 2 is 2.16 bits per heavy atom. The molecule has 1 saturated heterocycles. The number of halogens is 1. The number of carbonyl (C=O) groups is 2. The third-order valence-electron chi connectivity index (χ3n) is 3.02. The molecule has 1 aliphatic rings. The number of hydrogen-bond donors (Lipinski definition) is 1. The Hall–Kier alpha value is -1.95. The van der Waals surface area contributed by atoms with Crippen molar-refractivity contribution in [3.8, 4) is 0 Å². The predicted octanol–water partition coefficient (Wildman–Crippen LogP) is 2.44. The van der Waals surface area contributed by atoms with E-state index in [-0.39, 0.29) is 5.91 Å². The van der Waals surface area contributed by atoms with E-state index in [9.17, 15) is 9.59 Å². The van der Waals surface area contributed by atoms with E-state index in [1.807, 2.05) is 24.3 Å². The van der Waals surface area contributed by atoms with Crippen LogP contribution in [0.2, 0.25) is 0 Å². The maximum atomic E-state index is 11.8. The number of nitrogens with one attached hydrogen (secondary N) is 1. The number of amides is 3. The van der Waals surface area contributed by atoms with Gasteiger partial charge in [-0.2, -0.15) is 0 Å². The van der Waals surface area contributed by atoms with Crippen molar-refractivity contribution in [3.05, 3.63) is 34.9 Å². The van der Waals surface area contributed by atoms with E-state index >= 15 is 0 Å². The minimum Gasteiger partial charge on any atom is -0.292 e. The van der Waals surface area contributed by atoms with Crippen molar-refractivity contribution in [2.24, 2.45) is 0 Å². The van der Waals surface area contributed by atoms with Crippen LogP contribution in [0, 0.1) is 0 Å². The minimum absolute atomic E-state index is 0.240. The molecule has 1 N–H and O–H groups in total. The lowest BCUT2D eigenvalue weighted by atomic mass is 10.2. The minimum atomic E-state index is -0.399. The second-order valence-corrected chi connectivity index (χ2v) is 5.11. The number of nitrogens with zero attached hydrogens (tertiary/aromatic N) is 2. The summed E-state index contributed by atoms with van der Waals surface area (Å²) in [7, 11) is 0. The number of pyridine rings is 1. The van der Waals surface area contributed by atoms with E-state index in [1.165, 1.54) is 4.90 Å². The highest BCUT2D eigenvalue weighted by Crippen LogP contribution is 2.27. The third kappa shape index (κ3) is 2.19. The molecule has 1 aromatic heterocycles. The van der Waals surface area contributed by atoms with Crippen LogP contribution in [0.1, 0.15) is 6.42 Å². The van der Waals surface area contributed by atoms with Gasteiger partial charge in [0.05, 0.1) is 17.4 Å². The zero-order chi connectivity index (χ0) is 13.4. The molecule has 0 saturated carbocycles. The molecule has 0 radical (unpaired) electrons. The largest absolute Gasteiger partial charge is 0.328 e. The Balaban J connectivity index is 2.04. The first-order valence-electron chi connectivity index (χ1n) is 5.81. The molecule has 0 spiro atoms. The molecule has 0 bridgehead atoms. The van der Waals surface area contributed by atoms with Crippen molar-refractivity contribution in [1.29, 1.82) is 0 Å². The van der Waals surface area contributed by atoms with Gasteiger partial charge in [-0.15, -0.1) is 0 Å². The van der Waals surface area contributed by atoms with Crippen LogP contribution in [0.5, 0.6) is 0 Å². The van der Waals surface area contributed by atoms with Gasteiger partial charge in [-0.25, -0.2) is 4.79 Å². The summed E-state index contributed by atoms with van der Waals surface area (Å²) < 4.78 is 0.924. The van der Waals surface area contributed by atoms with Crippen molar-refractivity contribution in [2.45, 2.75) is 6.42 Å². The molecule has 19 heavy (non-hydrogen) atoms. The fourth-order valence-electron chi connectivity index (χ4n) is 2.06. The van der Waals surface area contributed by atoms with Crippen molar-refractivity contribution in [2.75, 3.05) is 11.4 Å². The first-order chi connectivity index (χ1) is 9.15. The Bertz CT molecular complexity index is 687. The van der Waals surface area contributed by atoms with Crippen LogP contribution in [0.25, 0.3) is 10.9 Å². The monoisotopic (exact) mass is 319 g/mol. The van der Waals surface area contributed by atoms with E-state index in [0.717, 1.165) is 15.4 Å². The summed E-state index contributed by atoms with van der Waals surface area (Å²) in [5.74, 6) is -0.240. The number of imide groups is 1. The van der Waals surface area contributed by atoms with Gasteiger partial charge in [0.2, 0.25) is 5.91 Å². The molecular weight excluding hydrogens is 310 g/mol. The molecule has 0 atom stereocenters. The molecule has 2 heterocycles. The zero-order valence-electron chi connectivity index (χ0n) is 9.89. The highest BCUT2D eigenvalue weighted by Gasteiger charge is 2.24. The first-order valence-corrected chi connectivity index (χ1v) is 6.60. The molecule has 0 aliphatic carbocycles. The van der Waals surface area contributed by atoms with Crippen LogP contribution in [-0.2, 0) is 4.79 Å². The maximum absolute atomic E-state index is 11.8. The molecule has 3 amide bonds. The third-order valence-corrected chi connectivity index (χ3v) is 3.72. The van der Waals surface area contributed by atoms with Gasteiger partial charge in [0.1, 0.15) is 0 Å². The van der Waals surface area contributed by atoms with E-state index in [0.29, 0.717) is 18.7 Å². The normalized spacial score (nSPS) is 15.7. The number of urea groups is 1. The lowest BCUT2D eigenvalue weighted by molar-refractivity contribution is -0.120. The average Bonchev–Trinajstić information content (AvgIpc) is 2.39. The molecule has 1 aromatic carbocycles. The molecule has 96 valence electrons. The summed E-state index contributed by atoms with van der Waals surface area (Å²) in [5, 5.41) is 3.23. The van der Waals surface area contributed by atoms with Gasteiger partial charge in [0.25, 0.3) is 0 Å². The Labute approximate surface area is 117 Å². The van der Waals surface area contributed by atoms with Gasteiger partial charge in [-0.05, 0) is 18.2 Å². The summed E-state index contributed by atoms with van der Waals surface area (Å²) in [6.45, 7) is 0.377. The van der Waals surface area contributed by atoms with Gasteiger partial charge < -0.3 is 0 Å². The van der Waals surface area contributed by atoms with E-state index < -0.39 is 6.03 Å². The second-order valence-electron chi connectivity index (χ2n) is 4.26. The van der Waals surface area contributed by atoms with Crippen LogP contribution in [0.4, 0.5) is 10.5 Å².